The molecule has 0 fully saturated rings. The van der Waals surface area contributed by atoms with Gasteiger partial charge in [0, 0.05) is 27.1 Å². The fourth-order valence-corrected chi connectivity index (χ4v) is 2.98. The molecule has 0 radical (unpaired) electrons. The van der Waals surface area contributed by atoms with Crippen molar-refractivity contribution in [1.82, 2.24) is 10.6 Å². The van der Waals surface area contributed by atoms with Crippen LogP contribution >= 0.6 is 0 Å². The van der Waals surface area contributed by atoms with Crippen molar-refractivity contribution in [3.63, 3.8) is 0 Å². The molecule has 0 saturated carbocycles. The molecule has 0 aromatic carbocycles. The zero-order chi connectivity index (χ0) is 11.4. The molecule has 0 aromatic heterocycles. The molecule has 0 aliphatic carbocycles. The molecule has 0 unspecified atom stereocenters. The van der Waals surface area contributed by atoms with Crippen molar-refractivity contribution in [2.75, 3.05) is 0 Å². The molecule has 14 heavy (non-hydrogen) atoms. The van der Waals surface area contributed by atoms with E-state index in [0.29, 0.717) is 5.79 Å². The Labute approximate surface area is 92.7 Å². The van der Waals surface area contributed by atoms with E-state index < -0.39 is 0 Å². The summed E-state index contributed by atoms with van der Waals surface area (Å²) in [5.41, 5.74) is 0.506. The van der Waals surface area contributed by atoms with Crippen LogP contribution in [0.25, 0.3) is 0 Å². The van der Waals surface area contributed by atoms with Crippen LogP contribution in [0.1, 0.15) is 54.4 Å². The summed E-state index contributed by atoms with van der Waals surface area (Å²) in [4.78, 5) is 0. The number of hydrogen-bond acceptors (Lipinski definition) is 2. The molecule has 0 rings (SSSR count). The Morgan fingerprint density at radius 1 is 0.929 bits per heavy atom. The van der Waals surface area contributed by atoms with E-state index in [1.807, 2.05) is 0 Å². The van der Waals surface area contributed by atoms with Gasteiger partial charge < -0.3 is 10.6 Å². The smallest absolute Gasteiger partial charge is 0.0423 e. The van der Waals surface area contributed by atoms with E-state index in [4.69, 9.17) is 0 Å². The molecular formula is C11H28N2Si. The molecule has 2 nitrogen and oxygen atoms in total. The van der Waals surface area contributed by atoms with E-state index in [1.165, 1.54) is 12.8 Å². The molecule has 2 N–H and O–H groups in total. The average Bonchev–Trinajstić information content (AvgIpc) is 2.02. The van der Waals surface area contributed by atoms with E-state index in [-0.39, 0.29) is 11.1 Å². The van der Waals surface area contributed by atoms with Crippen LogP contribution in [0.3, 0.4) is 0 Å². The second-order valence-electron chi connectivity index (χ2n) is 5.49. The zero-order valence-electron chi connectivity index (χ0n) is 11.0. The third kappa shape index (κ3) is 5.78. The van der Waals surface area contributed by atoms with Gasteiger partial charge in [-0.1, -0.05) is 13.8 Å². The average molecular weight is 216 g/mol. The SMILES string of the molecule is CCC(C)(C)NC([SiH3])NC(C)(C)CC. The summed E-state index contributed by atoms with van der Waals surface area (Å²) in [5.74, 6) is 0.500. The Bertz CT molecular complexity index is 149. The molecule has 0 aliphatic heterocycles. The summed E-state index contributed by atoms with van der Waals surface area (Å²) in [5, 5.41) is 7.29. The van der Waals surface area contributed by atoms with Crippen LogP contribution in [0.15, 0.2) is 0 Å². The van der Waals surface area contributed by atoms with Gasteiger partial charge in [-0.05, 0) is 40.5 Å². The molecule has 3 heteroatoms. The van der Waals surface area contributed by atoms with Gasteiger partial charge in [-0.15, -0.1) is 0 Å². The van der Waals surface area contributed by atoms with Crippen molar-refractivity contribution in [1.29, 1.82) is 0 Å². The summed E-state index contributed by atoms with van der Waals surface area (Å²) >= 11 is 0. The molecule has 0 atom stereocenters. The van der Waals surface area contributed by atoms with E-state index in [2.05, 4.69) is 52.2 Å². The van der Waals surface area contributed by atoms with Crippen LogP contribution in [0, 0.1) is 0 Å². The van der Waals surface area contributed by atoms with Crippen molar-refractivity contribution >= 4 is 10.2 Å². The van der Waals surface area contributed by atoms with Gasteiger partial charge in [0.15, 0.2) is 0 Å². The summed E-state index contributed by atoms with van der Waals surface area (Å²) in [6.07, 6.45) is 2.33. The second kappa shape index (κ2) is 5.28. The first-order chi connectivity index (χ1) is 6.22. The highest BCUT2D eigenvalue weighted by molar-refractivity contribution is 6.11. The van der Waals surface area contributed by atoms with Crippen molar-refractivity contribution in [2.24, 2.45) is 0 Å². The monoisotopic (exact) mass is 216 g/mol. The first-order valence-electron chi connectivity index (χ1n) is 5.78. The van der Waals surface area contributed by atoms with E-state index >= 15 is 0 Å². The summed E-state index contributed by atoms with van der Waals surface area (Å²) in [6, 6.07) is 0. The van der Waals surface area contributed by atoms with Crippen molar-refractivity contribution in [2.45, 2.75) is 71.3 Å². The predicted octanol–water partition coefficient (Wildman–Crippen LogP) is 1.19. The van der Waals surface area contributed by atoms with Crippen LogP contribution < -0.4 is 10.6 Å². The minimum Gasteiger partial charge on any atom is -0.301 e. The highest BCUT2D eigenvalue weighted by Crippen LogP contribution is 2.10. The Morgan fingerprint density at radius 3 is 1.43 bits per heavy atom. The Morgan fingerprint density at radius 2 is 1.21 bits per heavy atom. The summed E-state index contributed by atoms with van der Waals surface area (Å²) < 4.78 is 0. The van der Waals surface area contributed by atoms with Crippen LogP contribution in [0.4, 0.5) is 0 Å². The molecule has 0 heterocycles. The second-order valence-corrected chi connectivity index (χ2v) is 6.64. The van der Waals surface area contributed by atoms with Crippen LogP contribution in [-0.4, -0.2) is 27.1 Å². The minimum atomic E-state index is 0.253. The normalized spacial score (nSPS) is 13.9. The lowest BCUT2D eigenvalue weighted by Crippen LogP contribution is -2.58. The molecule has 0 spiro atoms. The minimum absolute atomic E-state index is 0.253. The molecule has 0 aromatic rings. The van der Waals surface area contributed by atoms with Crippen molar-refractivity contribution in [3.8, 4) is 0 Å². The Kier molecular flexibility index (Phi) is 5.34. The third-order valence-electron chi connectivity index (χ3n) is 2.98. The lowest BCUT2D eigenvalue weighted by molar-refractivity contribution is 0.281. The van der Waals surface area contributed by atoms with Gasteiger partial charge in [0.1, 0.15) is 0 Å². The zero-order valence-corrected chi connectivity index (χ0v) is 13.0. The summed E-state index contributed by atoms with van der Waals surface area (Å²) in [6.45, 7) is 13.5. The van der Waals surface area contributed by atoms with Crippen LogP contribution in [0.5, 0.6) is 0 Å². The molecular weight excluding hydrogens is 188 g/mol. The van der Waals surface area contributed by atoms with Crippen molar-refractivity contribution in [3.05, 3.63) is 0 Å². The number of hydrogen-bond donors (Lipinski definition) is 2. The number of nitrogens with one attached hydrogen (secondary N) is 2. The molecule has 0 bridgehead atoms. The topological polar surface area (TPSA) is 24.1 Å². The largest absolute Gasteiger partial charge is 0.301 e. The van der Waals surface area contributed by atoms with Crippen LogP contribution in [-0.2, 0) is 0 Å². The summed E-state index contributed by atoms with van der Waals surface area (Å²) in [7, 11) is 1.14. The van der Waals surface area contributed by atoms with E-state index in [1.54, 1.807) is 0 Å². The quantitative estimate of drug-likeness (QED) is 0.515. The van der Waals surface area contributed by atoms with Gasteiger partial charge in [-0.2, -0.15) is 0 Å². The number of rotatable bonds is 6. The maximum atomic E-state index is 3.65. The lowest BCUT2D eigenvalue weighted by atomic mass is 10.0. The van der Waals surface area contributed by atoms with E-state index in [9.17, 15) is 0 Å². The van der Waals surface area contributed by atoms with Gasteiger partial charge in [0.2, 0.25) is 0 Å². The first-order valence-corrected chi connectivity index (χ1v) is 6.93. The maximum absolute atomic E-state index is 3.65. The van der Waals surface area contributed by atoms with Gasteiger partial charge in [0.25, 0.3) is 0 Å². The van der Waals surface area contributed by atoms with Gasteiger partial charge in [0.05, 0.1) is 0 Å². The molecule has 0 amide bonds. The first kappa shape index (κ1) is 14.1. The Balaban J connectivity index is 4.04. The van der Waals surface area contributed by atoms with Crippen molar-refractivity contribution < 1.29 is 0 Å². The highest BCUT2D eigenvalue weighted by Gasteiger charge is 2.21. The van der Waals surface area contributed by atoms with Gasteiger partial charge in [-0.25, -0.2) is 0 Å². The van der Waals surface area contributed by atoms with Gasteiger partial charge >= 0.3 is 0 Å². The van der Waals surface area contributed by atoms with Gasteiger partial charge in [-0.3, -0.25) is 0 Å². The van der Waals surface area contributed by atoms with E-state index in [0.717, 1.165) is 10.2 Å². The Hall–Kier alpha value is 0.137. The van der Waals surface area contributed by atoms with Crippen LogP contribution in [0.2, 0.25) is 0 Å². The lowest BCUT2D eigenvalue weighted by Gasteiger charge is -2.35. The maximum Gasteiger partial charge on any atom is 0.0423 e. The fraction of sp³-hybridized carbons (Fsp3) is 1.00. The third-order valence-corrected chi connectivity index (χ3v) is 3.56. The molecule has 0 aliphatic rings. The fourth-order valence-electron chi connectivity index (χ4n) is 1.41. The standard InChI is InChI=1S/C11H28N2Si/c1-7-10(3,4)12-9(14)13-11(5,6)8-2/h9,12-13H,7-8H2,1-6,14H3. The molecule has 0 saturated heterocycles. The highest BCUT2D eigenvalue weighted by atomic mass is 28.1. The predicted molar refractivity (Wildman–Crippen MR) is 68.7 cm³/mol. The molecule has 86 valence electrons.